The molecule has 0 aromatic carbocycles. The van der Waals surface area contributed by atoms with E-state index in [1.54, 1.807) is 7.11 Å². The van der Waals surface area contributed by atoms with E-state index >= 15 is 0 Å². The van der Waals surface area contributed by atoms with Crippen LogP contribution in [0.2, 0.25) is 0 Å². The van der Waals surface area contributed by atoms with Crippen molar-refractivity contribution in [1.82, 2.24) is 5.32 Å². The quantitative estimate of drug-likeness (QED) is 0.587. The Hall–Kier alpha value is -0.620. The second-order valence-corrected chi connectivity index (χ2v) is 5.32. The molecule has 1 saturated carbocycles. The number of carbonyl (C=O) groups excluding carboxylic acids is 2. The van der Waals surface area contributed by atoms with Gasteiger partial charge in [-0.2, -0.15) is 0 Å². The van der Waals surface area contributed by atoms with Crippen molar-refractivity contribution in [3.8, 4) is 0 Å². The van der Waals surface area contributed by atoms with Gasteiger partial charge in [-0.1, -0.05) is 15.9 Å². The number of carbonyl (C=O) groups is 2. The predicted molar refractivity (Wildman–Crippen MR) is 65.9 cm³/mol. The van der Waals surface area contributed by atoms with Crippen molar-refractivity contribution >= 4 is 27.8 Å². The molecular weight excluding hydrogens is 290 g/mol. The molecule has 0 bridgehead atoms. The monoisotopic (exact) mass is 307 g/mol. The third-order valence-corrected chi connectivity index (χ3v) is 3.81. The van der Waals surface area contributed by atoms with Gasteiger partial charge in [0.1, 0.15) is 4.83 Å². The molecule has 1 amide bonds. The summed E-state index contributed by atoms with van der Waals surface area (Å²) in [5.74, 6) is -0.490. The highest BCUT2D eigenvalue weighted by atomic mass is 79.9. The standard InChI is InChI=1S/C11H18BrNO4/c1-16-10(15)8(12)7-13-9(14)6-11(17-2)4-3-5-11/h8H,3-7H2,1-2H3,(H,13,14). The highest BCUT2D eigenvalue weighted by Crippen LogP contribution is 2.37. The van der Waals surface area contributed by atoms with Gasteiger partial charge in [0, 0.05) is 13.7 Å². The maximum absolute atomic E-state index is 11.7. The zero-order chi connectivity index (χ0) is 12.9. The molecular formula is C11H18BrNO4. The van der Waals surface area contributed by atoms with Crippen LogP contribution in [0.25, 0.3) is 0 Å². The van der Waals surface area contributed by atoms with Gasteiger partial charge >= 0.3 is 5.97 Å². The van der Waals surface area contributed by atoms with Crippen molar-refractivity contribution in [2.24, 2.45) is 0 Å². The summed E-state index contributed by atoms with van der Waals surface area (Å²) in [4.78, 5) is 22.2. The zero-order valence-corrected chi connectivity index (χ0v) is 11.7. The third-order valence-electron chi connectivity index (χ3n) is 3.12. The molecule has 0 radical (unpaired) electrons. The summed E-state index contributed by atoms with van der Waals surface area (Å²) in [6.45, 7) is 0.227. The minimum atomic E-state index is -0.503. The number of alkyl halides is 1. The Morgan fingerprint density at radius 2 is 2.06 bits per heavy atom. The summed E-state index contributed by atoms with van der Waals surface area (Å²) < 4.78 is 9.89. The van der Waals surface area contributed by atoms with Gasteiger partial charge in [-0.25, -0.2) is 0 Å². The normalized spacial score (nSPS) is 19.0. The van der Waals surface area contributed by atoms with Crippen molar-refractivity contribution in [3.63, 3.8) is 0 Å². The summed E-state index contributed by atoms with van der Waals surface area (Å²) in [6.07, 6.45) is 3.30. The molecule has 0 heterocycles. The number of nitrogens with one attached hydrogen (secondary N) is 1. The van der Waals surface area contributed by atoms with E-state index in [1.807, 2.05) is 0 Å². The van der Waals surface area contributed by atoms with Crippen LogP contribution in [0, 0.1) is 0 Å². The van der Waals surface area contributed by atoms with E-state index in [0.717, 1.165) is 19.3 Å². The van der Waals surface area contributed by atoms with E-state index in [-0.39, 0.29) is 18.1 Å². The number of hydrogen-bond acceptors (Lipinski definition) is 4. The lowest BCUT2D eigenvalue weighted by Gasteiger charge is -2.39. The van der Waals surface area contributed by atoms with E-state index in [9.17, 15) is 9.59 Å². The van der Waals surface area contributed by atoms with Crippen LogP contribution in [-0.4, -0.2) is 43.1 Å². The highest BCUT2D eigenvalue weighted by Gasteiger charge is 2.39. The van der Waals surface area contributed by atoms with Crippen molar-refractivity contribution in [3.05, 3.63) is 0 Å². The molecule has 1 rings (SSSR count). The third kappa shape index (κ3) is 3.96. The molecule has 17 heavy (non-hydrogen) atoms. The Morgan fingerprint density at radius 1 is 1.41 bits per heavy atom. The second kappa shape index (κ2) is 6.35. The molecule has 98 valence electrons. The van der Waals surface area contributed by atoms with Crippen molar-refractivity contribution in [1.29, 1.82) is 0 Å². The minimum absolute atomic E-state index is 0.0973. The van der Waals surface area contributed by atoms with Crippen LogP contribution >= 0.6 is 15.9 Å². The lowest BCUT2D eigenvalue weighted by Crippen LogP contribution is -2.45. The molecule has 0 aromatic rings. The highest BCUT2D eigenvalue weighted by molar-refractivity contribution is 9.10. The van der Waals surface area contributed by atoms with Crippen LogP contribution in [0.1, 0.15) is 25.7 Å². The number of ether oxygens (including phenoxy) is 2. The molecule has 0 aromatic heterocycles. The molecule has 6 heteroatoms. The van der Waals surface area contributed by atoms with Gasteiger partial charge < -0.3 is 14.8 Å². The molecule has 0 spiro atoms. The van der Waals surface area contributed by atoms with E-state index in [0.29, 0.717) is 6.42 Å². The summed E-state index contributed by atoms with van der Waals surface area (Å²) in [5.41, 5.74) is -0.281. The van der Waals surface area contributed by atoms with Crippen molar-refractivity contribution < 1.29 is 19.1 Å². The molecule has 1 aliphatic rings. The number of esters is 1. The number of amides is 1. The van der Waals surface area contributed by atoms with Crippen LogP contribution < -0.4 is 5.32 Å². The Balaban J connectivity index is 2.28. The molecule has 1 N–H and O–H groups in total. The molecule has 1 unspecified atom stereocenters. The fourth-order valence-corrected chi connectivity index (χ4v) is 2.14. The summed E-state index contributed by atoms with van der Waals surface area (Å²) in [7, 11) is 2.95. The molecule has 1 atom stereocenters. The largest absolute Gasteiger partial charge is 0.468 e. The Labute approximate surface area is 109 Å². The predicted octanol–water partition coefficient (Wildman–Crippen LogP) is 0.998. The van der Waals surface area contributed by atoms with Gasteiger partial charge in [0.2, 0.25) is 5.91 Å². The van der Waals surface area contributed by atoms with E-state index in [4.69, 9.17) is 4.74 Å². The first-order valence-electron chi connectivity index (χ1n) is 5.57. The SMILES string of the molecule is COC(=O)C(Br)CNC(=O)CC1(OC)CCC1. The van der Waals surface area contributed by atoms with Crippen LogP contribution in [0.3, 0.4) is 0 Å². The smallest absolute Gasteiger partial charge is 0.321 e. The summed E-state index contributed by atoms with van der Waals surface area (Å²) in [6, 6.07) is 0. The number of methoxy groups -OCH3 is 2. The topological polar surface area (TPSA) is 64.6 Å². The first-order chi connectivity index (χ1) is 8.03. The Kier molecular flexibility index (Phi) is 5.39. The summed E-state index contributed by atoms with van der Waals surface area (Å²) >= 11 is 3.14. The second-order valence-electron chi connectivity index (χ2n) is 4.21. The Morgan fingerprint density at radius 3 is 2.47 bits per heavy atom. The fourth-order valence-electron chi connectivity index (χ4n) is 1.79. The molecule has 5 nitrogen and oxygen atoms in total. The van der Waals surface area contributed by atoms with Gasteiger partial charge in [-0.05, 0) is 19.3 Å². The van der Waals surface area contributed by atoms with Crippen molar-refractivity contribution in [2.45, 2.75) is 36.1 Å². The minimum Gasteiger partial charge on any atom is -0.468 e. The van der Waals surface area contributed by atoms with Gasteiger partial charge in [-0.3, -0.25) is 9.59 Å². The van der Waals surface area contributed by atoms with Crippen molar-refractivity contribution in [2.75, 3.05) is 20.8 Å². The molecule has 0 saturated heterocycles. The maximum atomic E-state index is 11.7. The maximum Gasteiger partial charge on any atom is 0.321 e. The average molecular weight is 308 g/mol. The first kappa shape index (κ1) is 14.4. The van der Waals surface area contributed by atoms with E-state index in [2.05, 4.69) is 26.0 Å². The van der Waals surface area contributed by atoms with Crippen LogP contribution in [0.15, 0.2) is 0 Å². The van der Waals surface area contributed by atoms with E-state index < -0.39 is 10.8 Å². The van der Waals surface area contributed by atoms with Gasteiger partial charge in [-0.15, -0.1) is 0 Å². The zero-order valence-electron chi connectivity index (χ0n) is 10.1. The number of hydrogen-bond donors (Lipinski definition) is 1. The lowest BCUT2D eigenvalue weighted by atomic mass is 9.77. The molecule has 0 aliphatic heterocycles. The van der Waals surface area contributed by atoms with Gasteiger partial charge in [0.15, 0.2) is 0 Å². The van der Waals surface area contributed by atoms with Crippen LogP contribution in [0.4, 0.5) is 0 Å². The summed E-state index contributed by atoms with van der Waals surface area (Å²) in [5, 5.41) is 2.69. The fraction of sp³-hybridized carbons (Fsp3) is 0.818. The van der Waals surface area contributed by atoms with Crippen LogP contribution in [0.5, 0.6) is 0 Å². The van der Waals surface area contributed by atoms with Gasteiger partial charge in [0.05, 0.1) is 19.1 Å². The van der Waals surface area contributed by atoms with Gasteiger partial charge in [0.25, 0.3) is 0 Å². The first-order valence-corrected chi connectivity index (χ1v) is 6.48. The lowest BCUT2D eigenvalue weighted by molar-refractivity contribution is -0.139. The number of rotatable bonds is 6. The number of halogens is 1. The van der Waals surface area contributed by atoms with E-state index in [1.165, 1.54) is 7.11 Å². The Bertz CT molecular complexity index is 286. The van der Waals surface area contributed by atoms with Crippen LogP contribution in [-0.2, 0) is 19.1 Å². The average Bonchev–Trinajstić information content (AvgIpc) is 2.29. The molecule has 1 fully saturated rings. The molecule has 1 aliphatic carbocycles.